The quantitative estimate of drug-likeness (QED) is 0.887. The van der Waals surface area contributed by atoms with Crippen molar-refractivity contribution in [3.05, 3.63) is 47.1 Å². The van der Waals surface area contributed by atoms with Crippen LogP contribution in [-0.2, 0) is 12.0 Å². The number of nitrogens with one attached hydrogen (secondary N) is 1. The molecule has 5 nitrogen and oxygen atoms in total. The van der Waals surface area contributed by atoms with Crippen molar-refractivity contribution in [2.24, 2.45) is 0 Å². The Kier molecular flexibility index (Phi) is 3.54. The van der Waals surface area contributed by atoms with Crippen LogP contribution in [0.15, 0.2) is 28.8 Å². The van der Waals surface area contributed by atoms with Crippen molar-refractivity contribution in [2.45, 2.75) is 31.8 Å². The smallest absolute Gasteiger partial charge is 0.258 e. The van der Waals surface area contributed by atoms with Gasteiger partial charge in [-0.3, -0.25) is 0 Å². The van der Waals surface area contributed by atoms with Gasteiger partial charge in [-0.1, -0.05) is 35.0 Å². The number of aliphatic hydroxyl groups is 1. The third-order valence-electron chi connectivity index (χ3n) is 3.78. The molecule has 1 aromatic carbocycles. The van der Waals surface area contributed by atoms with Gasteiger partial charge in [0.1, 0.15) is 5.60 Å². The third kappa shape index (κ3) is 2.73. The molecule has 0 aliphatic carbocycles. The molecule has 2 heterocycles. The van der Waals surface area contributed by atoms with E-state index in [0.29, 0.717) is 31.0 Å². The number of piperidine rings is 1. The van der Waals surface area contributed by atoms with Crippen LogP contribution in [0.5, 0.6) is 0 Å². The molecule has 20 heavy (non-hydrogen) atoms. The van der Waals surface area contributed by atoms with Crippen LogP contribution in [0.1, 0.15) is 35.7 Å². The molecule has 2 N–H and O–H groups in total. The molecule has 1 aliphatic rings. The van der Waals surface area contributed by atoms with E-state index in [4.69, 9.17) is 4.52 Å². The Morgan fingerprint density at radius 2 is 1.95 bits per heavy atom. The zero-order valence-corrected chi connectivity index (χ0v) is 11.6. The lowest BCUT2D eigenvalue weighted by Gasteiger charge is -2.28. The first kappa shape index (κ1) is 13.3. The van der Waals surface area contributed by atoms with E-state index in [1.807, 2.05) is 0 Å². The van der Waals surface area contributed by atoms with Gasteiger partial charge in [-0.25, -0.2) is 0 Å². The Bertz CT molecular complexity index is 571. The lowest BCUT2D eigenvalue weighted by Crippen LogP contribution is -2.39. The molecule has 106 valence electrons. The molecule has 0 saturated carbocycles. The highest BCUT2D eigenvalue weighted by molar-refractivity contribution is 5.23. The van der Waals surface area contributed by atoms with E-state index in [1.54, 1.807) is 0 Å². The van der Waals surface area contributed by atoms with Crippen molar-refractivity contribution < 1.29 is 9.63 Å². The number of benzene rings is 1. The average Bonchev–Trinajstić information content (AvgIpc) is 2.92. The molecule has 0 spiro atoms. The normalized spacial score (nSPS) is 18.1. The molecule has 2 aromatic rings. The van der Waals surface area contributed by atoms with Crippen molar-refractivity contribution in [3.8, 4) is 0 Å². The maximum Gasteiger partial charge on any atom is 0.258 e. The van der Waals surface area contributed by atoms with E-state index in [9.17, 15) is 5.11 Å². The predicted octanol–water partition coefficient (Wildman–Crippen LogP) is 1.54. The molecule has 1 saturated heterocycles. The van der Waals surface area contributed by atoms with Crippen molar-refractivity contribution in [3.63, 3.8) is 0 Å². The molecule has 0 amide bonds. The maximum absolute atomic E-state index is 10.5. The van der Waals surface area contributed by atoms with Gasteiger partial charge in [0.2, 0.25) is 0 Å². The van der Waals surface area contributed by atoms with Crippen LogP contribution in [0.4, 0.5) is 0 Å². The molecule has 3 rings (SSSR count). The highest BCUT2D eigenvalue weighted by Gasteiger charge is 2.36. The van der Waals surface area contributed by atoms with Gasteiger partial charge >= 0.3 is 0 Å². The zero-order valence-electron chi connectivity index (χ0n) is 11.6. The van der Waals surface area contributed by atoms with E-state index in [0.717, 1.165) is 18.7 Å². The summed E-state index contributed by atoms with van der Waals surface area (Å²) >= 11 is 0. The van der Waals surface area contributed by atoms with Crippen LogP contribution < -0.4 is 5.32 Å². The number of hydrogen-bond acceptors (Lipinski definition) is 5. The van der Waals surface area contributed by atoms with Crippen LogP contribution in [0, 0.1) is 6.92 Å². The second-order valence-corrected chi connectivity index (χ2v) is 5.46. The first-order chi connectivity index (χ1) is 9.66. The summed E-state index contributed by atoms with van der Waals surface area (Å²) in [6.07, 6.45) is 1.84. The van der Waals surface area contributed by atoms with Crippen LogP contribution in [0.2, 0.25) is 0 Å². The molecule has 0 atom stereocenters. The van der Waals surface area contributed by atoms with Crippen LogP contribution in [-0.4, -0.2) is 28.3 Å². The summed E-state index contributed by atoms with van der Waals surface area (Å²) in [5.74, 6) is 0.969. The maximum atomic E-state index is 10.5. The highest BCUT2D eigenvalue weighted by Crippen LogP contribution is 2.29. The van der Waals surface area contributed by atoms with E-state index in [2.05, 4.69) is 46.6 Å². The van der Waals surface area contributed by atoms with E-state index < -0.39 is 5.60 Å². The molecule has 0 bridgehead atoms. The van der Waals surface area contributed by atoms with Gasteiger partial charge in [-0.15, -0.1) is 0 Å². The van der Waals surface area contributed by atoms with Crippen LogP contribution >= 0.6 is 0 Å². The summed E-state index contributed by atoms with van der Waals surface area (Å²) in [5, 5.41) is 17.7. The van der Waals surface area contributed by atoms with Gasteiger partial charge in [-0.2, -0.15) is 4.98 Å². The number of aryl methyl sites for hydroxylation is 1. The molecule has 1 aliphatic heterocycles. The molecule has 1 fully saturated rings. The fourth-order valence-electron chi connectivity index (χ4n) is 2.46. The monoisotopic (exact) mass is 273 g/mol. The van der Waals surface area contributed by atoms with Crippen LogP contribution in [0.3, 0.4) is 0 Å². The first-order valence-corrected chi connectivity index (χ1v) is 6.97. The van der Waals surface area contributed by atoms with Gasteiger partial charge in [0.05, 0.1) is 0 Å². The summed E-state index contributed by atoms with van der Waals surface area (Å²) in [4.78, 5) is 4.37. The van der Waals surface area contributed by atoms with Crippen molar-refractivity contribution in [2.75, 3.05) is 13.1 Å². The summed E-state index contributed by atoms with van der Waals surface area (Å²) in [7, 11) is 0. The summed E-state index contributed by atoms with van der Waals surface area (Å²) in [5.41, 5.74) is 1.40. The summed E-state index contributed by atoms with van der Waals surface area (Å²) in [6, 6.07) is 8.25. The molecular weight excluding hydrogens is 254 g/mol. The van der Waals surface area contributed by atoms with Gasteiger partial charge in [0, 0.05) is 6.42 Å². The minimum atomic E-state index is -0.968. The van der Waals surface area contributed by atoms with Crippen molar-refractivity contribution in [1.82, 2.24) is 15.5 Å². The standard InChI is InChI=1S/C15H19N3O2/c1-11-2-4-12(5-3-11)10-13-17-14(20-18-13)15(19)6-8-16-9-7-15/h2-5,16,19H,6-10H2,1H3. The van der Waals surface area contributed by atoms with E-state index >= 15 is 0 Å². The number of rotatable bonds is 3. The largest absolute Gasteiger partial charge is 0.380 e. The number of hydrogen-bond donors (Lipinski definition) is 2. The Labute approximate surface area is 118 Å². The fourth-order valence-corrected chi connectivity index (χ4v) is 2.46. The summed E-state index contributed by atoms with van der Waals surface area (Å²) in [6.45, 7) is 3.60. The Hall–Kier alpha value is -1.72. The minimum Gasteiger partial charge on any atom is -0.380 e. The first-order valence-electron chi connectivity index (χ1n) is 6.97. The molecule has 5 heteroatoms. The zero-order chi connectivity index (χ0) is 14.0. The molecule has 0 radical (unpaired) electrons. The summed E-state index contributed by atoms with van der Waals surface area (Å²) < 4.78 is 5.26. The third-order valence-corrected chi connectivity index (χ3v) is 3.78. The van der Waals surface area contributed by atoms with Crippen LogP contribution in [0.25, 0.3) is 0 Å². The predicted molar refractivity (Wildman–Crippen MR) is 74.3 cm³/mol. The lowest BCUT2D eigenvalue weighted by atomic mass is 9.92. The van der Waals surface area contributed by atoms with Gasteiger partial charge in [-0.05, 0) is 38.4 Å². The molecular formula is C15H19N3O2. The van der Waals surface area contributed by atoms with E-state index in [-0.39, 0.29) is 0 Å². The second kappa shape index (κ2) is 5.34. The van der Waals surface area contributed by atoms with Gasteiger partial charge in [0.25, 0.3) is 5.89 Å². The minimum absolute atomic E-state index is 0.348. The second-order valence-electron chi connectivity index (χ2n) is 5.46. The van der Waals surface area contributed by atoms with E-state index in [1.165, 1.54) is 5.56 Å². The Balaban J connectivity index is 1.74. The number of nitrogens with zero attached hydrogens (tertiary/aromatic N) is 2. The lowest BCUT2D eigenvalue weighted by molar-refractivity contribution is -0.0228. The highest BCUT2D eigenvalue weighted by atomic mass is 16.5. The Morgan fingerprint density at radius 1 is 1.25 bits per heavy atom. The number of aromatic nitrogens is 2. The van der Waals surface area contributed by atoms with Crippen molar-refractivity contribution >= 4 is 0 Å². The topological polar surface area (TPSA) is 71.2 Å². The molecule has 1 aromatic heterocycles. The van der Waals surface area contributed by atoms with Gasteiger partial charge in [0.15, 0.2) is 5.82 Å². The average molecular weight is 273 g/mol. The Morgan fingerprint density at radius 3 is 2.65 bits per heavy atom. The SMILES string of the molecule is Cc1ccc(Cc2noc(C3(O)CCNCC3)n2)cc1. The fraction of sp³-hybridized carbons (Fsp3) is 0.467. The van der Waals surface area contributed by atoms with Crippen molar-refractivity contribution in [1.29, 1.82) is 0 Å². The van der Waals surface area contributed by atoms with Gasteiger partial charge < -0.3 is 14.9 Å². The molecule has 0 unspecified atom stereocenters.